The zero-order valence-electron chi connectivity index (χ0n) is 8.38. The third-order valence-electron chi connectivity index (χ3n) is 1.66. The van der Waals surface area contributed by atoms with Crippen molar-refractivity contribution >= 4 is 28.7 Å². The van der Waals surface area contributed by atoms with E-state index in [-0.39, 0.29) is 6.09 Å². The molecule has 0 radical (unpaired) electrons. The SMILES string of the molecule is CCCCN(C)C(=O)OCCCI. The first kappa shape index (κ1) is 13.0. The highest BCUT2D eigenvalue weighted by Crippen LogP contribution is 1.97. The second-order valence-electron chi connectivity index (χ2n) is 2.93. The zero-order chi connectivity index (χ0) is 10.1. The number of hydrogen-bond acceptors (Lipinski definition) is 2. The van der Waals surface area contributed by atoms with Crippen molar-refractivity contribution in [3.63, 3.8) is 0 Å². The normalized spacial score (nSPS) is 9.77. The molecule has 0 unspecified atom stereocenters. The van der Waals surface area contributed by atoms with Gasteiger partial charge in [-0.15, -0.1) is 0 Å². The van der Waals surface area contributed by atoms with Gasteiger partial charge in [-0.05, 0) is 12.8 Å². The summed E-state index contributed by atoms with van der Waals surface area (Å²) in [5.74, 6) is 0. The molecule has 78 valence electrons. The molecule has 0 aliphatic heterocycles. The summed E-state index contributed by atoms with van der Waals surface area (Å²) < 4.78 is 6.05. The van der Waals surface area contributed by atoms with Gasteiger partial charge in [-0.1, -0.05) is 35.9 Å². The molecule has 3 nitrogen and oxygen atoms in total. The first-order valence-corrected chi connectivity index (χ1v) is 6.18. The van der Waals surface area contributed by atoms with Gasteiger partial charge in [0, 0.05) is 18.0 Å². The maximum absolute atomic E-state index is 11.2. The van der Waals surface area contributed by atoms with E-state index in [1.165, 1.54) is 0 Å². The summed E-state index contributed by atoms with van der Waals surface area (Å²) in [5, 5.41) is 0. The fourth-order valence-electron chi connectivity index (χ4n) is 0.811. The van der Waals surface area contributed by atoms with Crippen molar-refractivity contribution < 1.29 is 9.53 Å². The van der Waals surface area contributed by atoms with E-state index in [4.69, 9.17) is 4.74 Å². The summed E-state index contributed by atoms with van der Waals surface area (Å²) >= 11 is 2.27. The van der Waals surface area contributed by atoms with E-state index in [1.807, 2.05) is 0 Å². The van der Waals surface area contributed by atoms with Gasteiger partial charge < -0.3 is 9.64 Å². The predicted molar refractivity (Wildman–Crippen MR) is 62.4 cm³/mol. The minimum atomic E-state index is -0.196. The second-order valence-corrected chi connectivity index (χ2v) is 4.01. The van der Waals surface area contributed by atoms with E-state index < -0.39 is 0 Å². The number of nitrogens with zero attached hydrogens (tertiary/aromatic N) is 1. The van der Waals surface area contributed by atoms with Crippen LogP contribution in [0.5, 0.6) is 0 Å². The highest BCUT2D eigenvalue weighted by atomic mass is 127. The van der Waals surface area contributed by atoms with Gasteiger partial charge in [0.05, 0.1) is 6.61 Å². The van der Waals surface area contributed by atoms with Crippen LogP contribution in [0.15, 0.2) is 0 Å². The van der Waals surface area contributed by atoms with Crippen molar-refractivity contribution in [3.8, 4) is 0 Å². The average Bonchev–Trinajstić information content (AvgIpc) is 2.14. The topological polar surface area (TPSA) is 29.5 Å². The fraction of sp³-hybridized carbons (Fsp3) is 0.889. The van der Waals surface area contributed by atoms with Gasteiger partial charge in [-0.2, -0.15) is 0 Å². The van der Waals surface area contributed by atoms with Crippen LogP contribution in [0.2, 0.25) is 0 Å². The number of rotatable bonds is 6. The minimum Gasteiger partial charge on any atom is -0.449 e. The molecule has 0 saturated heterocycles. The van der Waals surface area contributed by atoms with Crippen LogP contribution in [0.25, 0.3) is 0 Å². The number of amides is 1. The van der Waals surface area contributed by atoms with Crippen LogP contribution in [0, 0.1) is 0 Å². The molecule has 0 rings (SSSR count). The molecule has 13 heavy (non-hydrogen) atoms. The average molecular weight is 299 g/mol. The summed E-state index contributed by atoms with van der Waals surface area (Å²) in [6.45, 7) is 3.44. The van der Waals surface area contributed by atoms with E-state index in [0.717, 1.165) is 30.2 Å². The Morgan fingerprint density at radius 3 is 2.69 bits per heavy atom. The number of alkyl halides is 1. The molecule has 0 bridgehead atoms. The molecule has 0 aromatic heterocycles. The van der Waals surface area contributed by atoms with Crippen molar-refractivity contribution in [1.82, 2.24) is 4.90 Å². The lowest BCUT2D eigenvalue weighted by Gasteiger charge is -2.15. The largest absolute Gasteiger partial charge is 0.449 e. The van der Waals surface area contributed by atoms with Crippen molar-refractivity contribution in [1.29, 1.82) is 0 Å². The molecule has 0 spiro atoms. The summed E-state index contributed by atoms with van der Waals surface area (Å²) in [6.07, 6.45) is 2.88. The van der Waals surface area contributed by atoms with Crippen LogP contribution in [-0.2, 0) is 4.74 Å². The monoisotopic (exact) mass is 299 g/mol. The van der Waals surface area contributed by atoms with Gasteiger partial charge >= 0.3 is 6.09 Å². The summed E-state index contributed by atoms with van der Waals surface area (Å²) in [5.41, 5.74) is 0. The van der Waals surface area contributed by atoms with Gasteiger partial charge in [0.25, 0.3) is 0 Å². The highest BCUT2D eigenvalue weighted by Gasteiger charge is 2.07. The molecule has 0 N–H and O–H groups in total. The maximum atomic E-state index is 11.2. The lowest BCUT2D eigenvalue weighted by Crippen LogP contribution is -2.28. The van der Waals surface area contributed by atoms with Gasteiger partial charge in [0.15, 0.2) is 0 Å². The van der Waals surface area contributed by atoms with Gasteiger partial charge in [-0.3, -0.25) is 0 Å². The summed E-state index contributed by atoms with van der Waals surface area (Å²) in [4.78, 5) is 12.9. The molecule has 1 amide bonds. The van der Waals surface area contributed by atoms with E-state index in [1.54, 1.807) is 11.9 Å². The predicted octanol–water partition coefficient (Wildman–Crippen LogP) is 2.68. The number of hydrogen-bond donors (Lipinski definition) is 0. The standard InChI is InChI=1S/C9H18INO2/c1-3-4-7-11(2)9(12)13-8-5-6-10/h3-8H2,1-2H3. The molecule has 0 aliphatic rings. The molecule has 0 heterocycles. The smallest absolute Gasteiger partial charge is 0.409 e. The number of ether oxygens (including phenoxy) is 1. The second kappa shape index (κ2) is 8.59. The zero-order valence-corrected chi connectivity index (χ0v) is 10.5. The van der Waals surface area contributed by atoms with Crippen LogP contribution < -0.4 is 0 Å². The number of carbonyl (C=O) groups is 1. The third-order valence-corrected chi connectivity index (χ3v) is 2.43. The van der Waals surface area contributed by atoms with Gasteiger partial charge in [0.1, 0.15) is 0 Å². The van der Waals surface area contributed by atoms with E-state index in [9.17, 15) is 4.79 Å². The van der Waals surface area contributed by atoms with Crippen molar-refractivity contribution in [2.75, 3.05) is 24.6 Å². The number of carbonyl (C=O) groups excluding carboxylic acids is 1. The van der Waals surface area contributed by atoms with Crippen LogP contribution in [-0.4, -0.2) is 35.6 Å². The molecular weight excluding hydrogens is 281 g/mol. The fourth-order valence-corrected chi connectivity index (χ4v) is 1.12. The summed E-state index contributed by atoms with van der Waals surface area (Å²) in [7, 11) is 1.78. The minimum absolute atomic E-state index is 0.196. The van der Waals surface area contributed by atoms with Crippen molar-refractivity contribution in [2.24, 2.45) is 0 Å². The van der Waals surface area contributed by atoms with Crippen LogP contribution in [0.4, 0.5) is 4.79 Å². The van der Waals surface area contributed by atoms with E-state index >= 15 is 0 Å². The maximum Gasteiger partial charge on any atom is 0.409 e. The first-order chi connectivity index (χ1) is 6.22. The molecular formula is C9H18INO2. The Bertz CT molecular complexity index is 142. The first-order valence-electron chi connectivity index (χ1n) is 4.66. The molecule has 0 atom stereocenters. The molecule has 0 aromatic rings. The van der Waals surface area contributed by atoms with Crippen molar-refractivity contribution in [2.45, 2.75) is 26.2 Å². The quantitative estimate of drug-likeness (QED) is 0.429. The Morgan fingerprint density at radius 2 is 2.15 bits per heavy atom. The Hall–Kier alpha value is 0. The summed E-state index contributed by atoms with van der Waals surface area (Å²) in [6, 6.07) is 0. The third kappa shape index (κ3) is 7.10. The van der Waals surface area contributed by atoms with Gasteiger partial charge in [0.2, 0.25) is 0 Å². The Labute approximate surface area is 94.0 Å². The number of halogens is 1. The van der Waals surface area contributed by atoms with Crippen LogP contribution >= 0.6 is 22.6 Å². The molecule has 0 aromatic carbocycles. The number of unbranched alkanes of at least 4 members (excludes halogenated alkanes) is 1. The van der Waals surface area contributed by atoms with Gasteiger partial charge in [-0.25, -0.2) is 4.79 Å². The molecule has 4 heteroatoms. The Morgan fingerprint density at radius 1 is 1.46 bits per heavy atom. The van der Waals surface area contributed by atoms with E-state index in [0.29, 0.717) is 6.61 Å². The van der Waals surface area contributed by atoms with Crippen LogP contribution in [0.1, 0.15) is 26.2 Å². The lowest BCUT2D eigenvalue weighted by molar-refractivity contribution is 0.111. The Balaban J connectivity index is 3.45. The van der Waals surface area contributed by atoms with Crippen LogP contribution in [0.3, 0.4) is 0 Å². The molecule has 0 aliphatic carbocycles. The van der Waals surface area contributed by atoms with Crippen molar-refractivity contribution in [3.05, 3.63) is 0 Å². The Kier molecular flexibility index (Phi) is 8.59. The lowest BCUT2D eigenvalue weighted by atomic mass is 10.3. The van der Waals surface area contributed by atoms with E-state index in [2.05, 4.69) is 29.5 Å². The highest BCUT2D eigenvalue weighted by molar-refractivity contribution is 14.1. The molecule has 0 fully saturated rings. The molecule has 0 saturated carbocycles.